The van der Waals surface area contributed by atoms with Crippen LogP contribution in [0.15, 0.2) is 0 Å². The quantitative estimate of drug-likeness (QED) is 0.558. The highest BCUT2D eigenvalue weighted by Crippen LogP contribution is 2.51. The monoisotopic (exact) mass is 268 g/mol. The number of rotatable bonds is 0. The molecule has 3 heterocycles. The molecule has 0 aromatic heterocycles. The summed E-state index contributed by atoms with van der Waals surface area (Å²) in [5.41, 5.74) is 0. The summed E-state index contributed by atoms with van der Waals surface area (Å²) in [6.45, 7) is 1.54. The summed E-state index contributed by atoms with van der Waals surface area (Å²) < 4.78 is 36.7. The molecule has 2 N–H and O–H groups in total. The average Bonchev–Trinajstić information content (AvgIpc) is 2.60. The van der Waals surface area contributed by atoms with Crippen molar-refractivity contribution in [2.75, 3.05) is 6.61 Å². The Kier molecular flexibility index (Phi) is 2.81. The molecule has 0 bridgehead atoms. The van der Waals surface area contributed by atoms with Gasteiger partial charge in [0.15, 0.2) is 12.6 Å². The number of aliphatic hydroxyl groups excluding tert-OH is 1. The van der Waals surface area contributed by atoms with Gasteiger partial charge in [0.1, 0.15) is 24.4 Å². The Labute approximate surface area is 97.0 Å². The molecule has 0 aromatic rings. The molecule has 7 atom stereocenters. The van der Waals surface area contributed by atoms with Gasteiger partial charge >= 0.3 is 7.82 Å². The van der Waals surface area contributed by atoms with Gasteiger partial charge in [-0.3, -0.25) is 9.05 Å². The molecule has 3 fully saturated rings. The van der Waals surface area contributed by atoms with E-state index in [0.29, 0.717) is 0 Å². The molecular formula is C8H13O8P. The van der Waals surface area contributed by atoms with E-state index in [0.717, 1.165) is 0 Å². The molecule has 9 heteroatoms. The van der Waals surface area contributed by atoms with Crippen molar-refractivity contribution in [3.63, 3.8) is 0 Å². The summed E-state index contributed by atoms with van der Waals surface area (Å²) in [5, 5.41) is 10.0. The van der Waals surface area contributed by atoms with Crippen molar-refractivity contribution in [1.82, 2.24) is 0 Å². The van der Waals surface area contributed by atoms with Crippen LogP contribution in [0.25, 0.3) is 0 Å². The number of fused-ring (bicyclic) bond motifs is 2. The van der Waals surface area contributed by atoms with E-state index < -0.39 is 44.8 Å². The van der Waals surface area contributed by atoms with Crippen LogP contribution in [0.1, 0.15) is 6.92 Å². The van der Waals surface area contributed by atoms with Gasteiger partial charge in [0.05, 0.1) is 6.61 Å². The number of hydrogen-bond acceptors (Lipinski definition) is 7. The molecule has 3 saturated heterocycles. The fraction of sp³-hybridized carbons (Fsp3) is 1.00. The van der Waals surface area contributed by atoms with Crippen molar-refractivity contribution in [3.8, 4) is 0 Å². The number of phosphoric ester groups is 1. The summed E-state index contributed by atoms with van der Waals surface area (Å²) in [7, 11) is -4.10. The molecule has 3 rings (SSSR count). The van der Waals surface area contributed by atoms with E-state index in [1.54, 1.807) is 6.92 Å². The third kappa shape index (κ3) is 2.05. The second-order valence-corrected chi connectivity index (χ2v) is 5.58. The van der Waals surface area contributed by atoms with E-state index in [9.17, 15) is 14.6 Å². The first kappa shape index (κ1) is 12.0. The Morgan fingerprint density at radius 2 is 2.00 bits per heavy atom. The maximum absolute atomic E-state index is 11.3. The van der Waals surface area contributed by atoms with Crippen molar-refractivity contribution in [2.24, 2.45) is 0 Å². The van der Waals surface area contributed by atoms with Crippen molar-refractivity contribution in [3.05, 3.63) is 0 Å². The maximum Gasteiger partial charge on any atom is 0.472 e. The SMILES string of the molecule is C[C@@H]1O[C@H]2O[C@@H]3COP(=O)(O)O[C@@H]3[C@H](O)[C@H]2O1. The van der Waals surface area contributed by atoms with Gasteiger partial charge in [-0.2, -0.15) is 0 Å². The molecule has 3 aliphatic rings. The van der Waals surface area contributed by atoms with Crippen LogP contribution >= 0.6 is 7.82 Å². The fourth-order valence-electron chi connectivity index (χ4n) is 2.21. The molecule has 0 radical (unpaired) electrons. The molecule has 1 unspecified atom stereocenters. The molecule has 98 valence electrons. The van der Waals surface area contributed by atoms with E-state index >= 15 is 0 Å². The lowest BCUT2D eigenvalue weighted by atomic mass is 9.99. The molecule has 0 aromatic carbocycles. The van der Waals surface area contributed by atoms with Crippen LogP contribution in [-0.4, -0.2) is 53.6 Å². The molecule has 0 saturated carbocycles. The molecular weight excluding hydrogens is 255 g/mol. The second-order valence-electron chi connectivity index (χ2n) is 4.17. The van der Waals surface area contributed by atoms with Gasteiger partial charge in [-0.15, -0.1) is 0 Å². The minimum absolute atomic E-state index is 0.129. The highest BCUT2D eigenvalue weighted by molar-refractivity contribution is 7.47. The topological polar surface area (TPSA) is 104 Å². The number of aliphatic hydroxyl groups is 1. The van der Waals surface area contributed by atoms with Crippen LogP contribution in [0.3, 0.4) is 0 Å². The molecule has 0 aliphatic carbocycles. The first-order chi connectivity index (χ1) is 7.96. The average molecular weight is 268 g/mol. The molecule has 3 aliphatic heterocycles. The van der Waals surface area contributed by atoms with Gasteiger partial charge in [-0.1, -0.05) is 0 Å². The Bertz CT molecular complexity index is 361. The van der Waals surface area contributed by atoms with E-state index in [4.69, 9.17) is 18.7 Å². The van der Waals surface area contributed by atoms with Crippen molar-refractivity contribution >= 4 is 7.82 Å². The lowest BCUT2D eigenvalue weighted by molar-refractivity contribution is -0.259. The summed E-state index contributed by atoms with van der Waals surface area (Å²) in [4.78, 5) is 9.20. The highest BCUT2D eigenvalue weighted by atomic mass is 31.2. The van der Waals surface area contributed by atoms with Crippen molar-refractivity contribution < 1.29 is 37.8 Å². The van der Waals surface area contributed by atoms with Crippen LogP contribution < -0.4 is 0 Å². The predicted molar refractivity (Wildman–Crippen MR) is 50.7 cm³/mol. The van der Waals surface area contributed by atoms with Gasteiger partial charge in [0.25, 0.3) is 0 Å². The Balaban J connectivity index is 1.80. The number of hydrogen-bond donors (Lipinski definition) is 2. The van der Waals surface area contributed by atoms with E-state index in [2.05, 4.69) is 4.52 Å². The first-order valence-electron chi connectivity index (χ1n) is 5.26. The zero-order chi connectivity index (χ0) is 12.2. The maximum atomic E-state index is 11.3. The van der Waals surface area contributed by atoms with Gasteiger partial charge < -0.3 is 24.2 Å². The lowest BCUT2D eigenvalue weighted by Gasteiger charge is -2.42. The number of phosphoric acid groups is 1. The van der Waals surface area contributed by atoms with Crippen LogP contribution in [0, 0.1) is 0 Å². The predicted octanol–water partition coefficient (Wildman–Crippen LogP) is -0.651. The molecule has 0 spiro atoms. The third-order valence-electron chi connectivity index (χ3n) is 2.95. The summed E-state index contributed by atoms with van der Waals surface area (Å²) in [5.74, 6) is 0. The molecule has 0 amide bonds. The van der Waals surface area contributed by atoms with Crippen molar-refractivity contribution in [1.29, 1.82) is 0 Å². The zero-order valence-corrected chi connectivity index (χ0v) is 9.86. The molecule has 17 heavy (non-hydrogen) atoms. The summed E-state index contributed by atoms with van der Waals surface area (Å²) in [6.07, 6.45) is -4.60. The van der Waals surface area contributed by atoms with Gasteiger partial charge in [0, 0.05) is 0 Å². The van der Waals surface area contributed by atoms with Gasteiger partial charge in [-0.05, 0) is 6.92 Å². The van der Waals surface area contributed by atoms with E-state index in [-0.39, 0.29) is 6.61 Å². The zero-order valence-electron chi connectivity index (χ0n) is 8.96. The second kappa shape index (κ2) is 3.97. The van der Waals surface area contributed by atoms with Crippen LogP contribution in [0.5, 0.6) is 0 Å². The van der Waals surface area contributed by atoms with Crippen LogP contribution in [0.4, 0.5) is 0 Å². The van der Waals surface area contributed by atoms with E-state index in [1.165, 1.54) is 0 Å². The fourth-order valence-corrected chi connectivity index (χ4v) is 3.17. The summed E-state index contributed by atoms with van der Waals surface area (Å²) >= 11 is 0. The standard InChI is InChI=1S/C8H13O8P/c1-3-13-7-5(9)6-4(15-8(7)14-3)2-12-17(10,11)16-6/h3-9H,2H2,1H3,(H,10,11)/t3-,4+,5-,6-,7+,8-/m0/s1. The highest BCUT2D eigenvalue weighted by Gasteiger charge is 2.55. The van der Waals surface area contributed by atoms with Gasteiger partial charge in [0.2, 0.25) is 0 Å². The molecule has 8 nitrogen and oxygen atoms in total. The first-order valence-corrected chi connectivity index (χ1v) is 6.76. The largest absolute Gasteiger partial charge is 0.472 e. The van der Waals surface area contributed by atoms with Crippen LogP contribution in [-0.2, 0) is 27.8 Å². The number of ether oxygens (including phenoxy) is 3. The lowest BCUT2D eigenvalue weighted by Crippen LogP contribution is -2.59. The minimum atomic E-state index is -4.10. The smallest absolute Gasteiger partial charge is 0.387 e. The van der Waals surface area contributed by atoms with E-state index in [1.807, 2.05) is 0 Å². The summed E-state index contributed by atoms with van der Waals surface area (Å²) in [6, 6.07) is 0. The van der Waals surface area contributed by atoms with Gasteiger partial charge in [-0.25, -0.2) is 4.57 Å². The normalized spacial score (nSPS) is 58.5. The Hall–Kier alpha value is -0.0500. The minimum Gasteiger partial charge on any atom is -0.387 e. The Morgan fingerprint density at radius 1 is 1.24 bits per heavy atom. The van der Waals surface area contributed by atoms with Crippen LogP contribution in [0.2, 0.25) is 0 Å². The third-order valence-corrected chi connectivity index (χ3v) is 3.93. The van der Waals surface area contributed by atoms with Crippen molar-refractivity contribution in [2.45, 2.75) is 43.9 Å². The Morgan fingerprint density at radius 3 is 2.76 bits per heavy atom.